The topological polar surface area (TPSA) is 94.5 Å². The highest BCUT2D eigenvalue weighted by molar-refractivity contribution is 7.80. The van der Waals surface area contributed by atoms with Crippen LogP contribution in [-0.4, -0.2) is 27.5 Å². The Balaban J connectivity index is 1.82. The molecule has 0 aliphatic carbocycles. The molecule has 3 aromatic rings. The molecule has 0 spiro atoms. The molecule has 0 radical (unpaired) electrons. The first-order chi connectivity index (χ1) is 14.4. The smallest absolute Gasteiger partial charge is 0.270 e. The lowest BCUT2D eigenvalue weighted by atomic mass is 10.1. The number of nitrogens with one attached hydrogen (secondary N) is 1. The van der Waals surface area contributed by atoms with Crippen molar-refractivity contribution in [3.05, 3.63) is 70.9 Å². The van der Waals surface area contributed by atoms with Crippen molar-refractivity contribution in [1.82, 2.24) is 9.88 Å². The normalized spacial score (nSPS) is 15.7. The SMILES string of the molecule is O=C([O-])Cn1cc(/C=C2/C(=O)NC(=S)N(c3ccccc3Cl)C2=O)c2ccccc21. The van der Waals surface area contributed by atoms with Crippen LogP contribution in [-0.2, 0) is 20.9 Å². The van der Waals surface area contributed by atoms with E-state index in [1.54, 1.807) is 54.7 Å². The Bertz CT molecular complexity index is 1260. The summed E-state index contributed by atoms with van der Waals surface area (Å²) in [5.41, 5.74) is 1.34. The number of carbonyl (C=O) groups excluding carboxylic acids is 3. The summed E-state index contributed by atoms with van der Waals surface area (Å²) in [5, 5.41) is 14.5. The van der Waals surface area contributed by atoms with Gasteiger partial charge in [-0.25, -0.2) is 0 Å². The van der Waals surface area contributed by atoms with Crippen LogP contribution in [0, 0.1) is 0 Å². The molecule has 2 heterocycles. The zero-order valence-corrected chi connectivity index (χ0v) is 16.9. The van der Waals surface area contributed by atoms with E-state index in [1.807, 2.05) is 0 Å². The van der Waals surface area contributed by atoms with E-state index in [-0.39, 0.29) is 17.2 Å². The van der Waals surface area contributed by atoms with Crippen LogP contribution >= 0.6 is 23.8 Å². The molecule has 7 nitrogen and oxygen atoms in total. The van der Waals surface area contributed by atoms with E-state index in [0.717, 1.165) is 4.90 Å². The number of aromatic nitrogens is 1. The number of anilines is 1. The summed E-state index contributed by atoms with van der Waals surface area (Å²) in [4.78, 5) is 37.9. The van der Waals surface area contributed by atoms with Crippen LogP contribution in [0.3, 0.4) is 0 Å². The molecule has 1 aliphatic heterocycles. The van der Waals surface area contributed by atoms with E-state index in [2.05, 4.69) is 5.32 Å². The van der Waals surface area contributed by atoms with Gasteiger partial charge in [-0.05, 0) is 36.5 Å². The third-order valence-electron chi connectivity index (χ3n) is 4.61. The maximum Gasteiger partial charge on any atom is 0.270 e. The number of amides is 2. The summed E-state index contributed by atoms with van der Waals surface area (Å²) in [6.45, 7) is -0.361. The molecule has 2 amide bonds. The number of fused-ring (bicyclic) bond motifs is 1. The minimum absolute atomic E-state index is 0.0744. The minimum Gasteiger partial charge on any atom is -0.548 e. The number of aliphatic carboxylic acids is 1. The molecular formula is C21H13ClN3O4S-. The van der Waals surface area contributed by atoms with Crippen LogP contribution in [0.25, 0.3) is 17.0 Å². The summed E-state index contributed by atoms with van der Waals surface area (Å²) in [7, 11) is 0. The highest BCUT2D eigenvalue weighted by Crippen LogP contribution is 2.30. The second-order valence-corrected chi connectivity index (χ2v) is 7.30. The first-order valence-corrected chi connectivity index (χ1v) is 9.59. The summed E-state index contributed by atoms with van der Waals surface area (Å²) in [6, 6.07) is 13.7. The van der Waals surface area contributed by atoms with E-state index in [9.17, 15) is 19.5 Å². The van der Waals surface area contributed by atoms with Crippen molar-refractivity contribution in [1.29, 1.82) is 0 Å². The fraction of sp³-hybridized carbons (Fsp3) is 0.0476. The summed E-state index contributed by atoms with van der Waals surface area (Å²) < 4.78 is 1.48. The maximum absolute atomic E-state index is 13.2. The van der Waals surface area contributed by atoms with Gasteiger partial charge in [-0.2, -0.15) is 0 Å². The third kappa shape index (κ3) is 3.47. The number of hydrogen-bond donors (Lipinski definition) is 1. The molecule has 0 bridgehead atoms. The lowest BCUT2D eigenvalue weighted by Crippen LogP contribution is -2.54. The molecule has 1 aliphatic rings. The first-order valence-electron chi connectivity index (χ1n) is 8.80. The van der Waals surface area contributed by atoms with Gasteiger partial charge in [0.1, 0.15) is 5.57 Å². The van der Waals surface area contributed by atoms with E-state index in [1.165, 1.54) is 10.6 Å². The third-order valence-corrected chi connectivity index (χ3v) is 5.22. The average molecular weight is 439 g/mol. The zero-order valence-electron chi connectivity index (χ0n) is 15.3. The van der Waals surface area contributed by atoms with Crippen LogP contribution in [0.1, 0.15) is 5.56 Å². The Hall–Kier alpha value is -3.49. The summed E-state index contributed by atoms with van der Waals surface area (Å²) in [5.74, 6) is -2.53. The van der Waals surface area contributed by atoms with Gasteiger partial charge in [0, 0.05) is 22.7 Å². The van der Waals surface area contributed by atoms with Crippen molar-refractivity contribution >= 4 is 69.4 Å². The van der Waals surface area contributed by atoms with E-state index in [0.29, 0.717) is 27.2 Å². The van der Waals surface area contributed by atoms with Crippen molar-refractivity contribution in [2.24, 2.45) is 0 Å². The van der Waals surface area contributed by atoms with E-state index in [4.69, 9.17) is 23.8 Å². The number of para-hydroxylation sites is 2. The number of halogens is 1. The molecule has 1 saturated heterocycles. The van der Waals surface area contributed by atoms with Crippen LogP contribution < -0.4 is 15.3 Å². The second-order valence-electron chi connectivity index (χ2n) is 6.51. The minimum atomic E-state index is -1.25. The second kappa shape index (κ2) is 7.74. The largest absolute Gasteiger partial charge is 0.548 e. The molecule has 9 heteroatoms. The molecule has 1 N–H and O–H groups in total. The number of carboxylic acids is 1. The highest BCUT2D eigenvalue weighted by atomic mass is 35.5. The molecule has 0 unspecified atom stereocenters. The summed E-state index contributed by atoms with van der Waals surface area (Å²) >= 11 is 11.4. The molecule has 1 fully saturated rings. The zero-order chi connectivity index (χ0) is 21.4. The number of carbonyl (C=O) groups is 3. The fourth-order valence-corrected chi connectivity index (χ4v) is 3.82. The van der Waals surface area contributed by atoms with Gasteiger partial charge in [-0.3, -0.25) is 19.8 Å². The van der Waals surface area contributed by atoms with Gasteiger partial charge in [-0.1, -0.05) is 41.9 Å². The molecule has 1 aromatic heterocycles. The van der Waals surface area contributed by atoms with Crippen LogP contribution in [0.4, 0.5) is 5.69 Å². The number of benzene rings is 2. The number of carboxylic acid groups (broad SMARTS) is 1. The molecular weight excluding hydrogens is 426 g/mol. The average Bonchev–Trinajstić information content (AvgIpc) is 3.03. The van der Waals surface area contributed by atoms with Crippen molar-refractivity contribution in [2.45, 2.75) is 6.54 Å². The summed E-state index contributed by atoms with van der Waals surface area (Å²) in [6.07, 6.45) is 2.97. The number of rotatable bonds is 4. The Labute approximate surface area is 181 Å². The van der Waals surface area contributed by atoms with E-state index < -0.39 is 17.8 Å². The lowest BCUT2D eigenvalue weighted by Gasteiger charge is -2.29. The Kier molecular flexibility index (Phi) is 5.11. The van der Waals surface area contributed by atoms with Crippen LogP contribution in [0.2, 0.25) is 5.02 Å². The predicted octanol–water partition coefficient (Wildman–Crippen LogP) is 1.88. The van der Waals surface area contributed by atoms with Gasteiger partial charge in [0.05, 0.1) is 23.2 Å². The highest BCUT2D eigenvalue weighted by Gasteiger charge is 2.35. The maximum atomic E-state index is 13.2. The fourth-order valence-electron chi connectivity index (χ4n) is 3.32. The van der Waals surface area contributed by atoms with Gasteiger partial charge >= 0.3 is 0 Å². The Morgan fingerprint density at radius 2 is 1.83 bits per heavy atom. The van der Waals surface area contributed by atoms with Crippen LogP contribution in [0.15, 0.2) is 60.3 Å². The van der Waals surface area contributed by atoms with Gasteiger partial charge in [0.25, 0.3) is 11.8 Å². The number of nitrogens with zero attached hydrogens (tertiary/aromatic N) is 2. The molecule has 0 atom stereocenters. The van der Waals surface area contributed by atoms with Gasteiger partial charge in [-0.15, -0.1) is 0 Å². The molecule has 2 aromatic carbocycles. The molecule has 0 saturated carbocycles. The Morgan fingerprint density at radius 3 is 2.57 bits per heavy atom. The number of thiocarbonyl (C=S) groups is 1. The molecule has 150 valence electrons. The van der Waals surface area contributed by atoms with Crippen LogP contribution in [0.5, 0.6) is 0 Å². The standard InChI is InChI=1S/C21H14ClN3O4S/c22-15-6-2-4-8-17(15)25-20(29)14(19(28)23-21(25)30)9-12-10-24(11-18(26)27)16-7-3-1-5-13(12)16/h1-10H,11H2,(H,26,27)(H,23,28,30)/p-1/b14-9-. The number of hydrogen-bond acceptors (Lipinski definition) is 5. The van der Waals surface area contributed by atoms with E-state index >= 15 is 0 Å². The predicted molar refractivity (Wildman–Crippen MR) is 115 cm³/mol. The molecule has 4 rings (SSSR count). The van der Waals surface area contributed by atoms with Gasteiger partial charge < -0.3 is 14.5 Å². The molecule has 30 heavy (non-hydrogen) atoms. The van der Waals surface area contributed by atoms with Crippen molar-refractivity contribution in [3.8, 4) is 0 Å². The van der Waals surface area contributed by atoms with Gasteiger partial charge in [0.15, 0.2) is 5.11 Å². The quantitative estimate of drug-likeness (QED) is 0.381. The van der Waals surface area contributed by atoms with Crippen molar-refractivity contribution in [3.63, 3.8) is 0 Å². The van der Waals surface area contributed by atoms with Crippen molar-refractivity contribution < 1.29 is 19.5 Å². The first kappa shape index (κ1) is 19.8. The Morgan fingerprint density at radius 1 is 1.13 bits per heavy atom. The van der Waals surface area contributed by atoms with Gasteiger partial charge in [0.2, 0.25) is 0 Å². The monoisotopic (exact) mass is 438 g/mol. The van der Waals surface area contributed by atoms with Crippen molar-refractivity contribution in [2.75, 3.05) is 4.90 Å². The lowest BCUT2D eigenvalue weighted by molar-refractivity contribution is -0.306.